The molecule has 3 aliphatic heterocycles. The van der Waals surface area contributed by atoms with Gasteiger partial charge in [0.05, 0.1) is 44.0 Å². The van der Waals surface area contributed by atoms with Gasteiger partial charge in [0.2, 0.25) is 10.0 Å². The molecule has 0 aromatic heterocycles. The molecule has 0 saturated carbocycles. The number of amides is 1. The predicted octanol–water partition coefficient (Wildman–Crippen LogP) is 1.29. The van der Waals surface area contributed by atoms with Gasteiger partial charge in [-0.15, -0.1) is 0 Å². The van der Waals surface area contributed by atoms with Gasteiger partial charge in [-0.1, -0.05) is 0 Å². The second-order valence-electron chi connectivity index (χ2n) is 8.86. The lowest BCUT2D eigenvalue weighted by atomic mass is 9.93. The molecule has 1 amide bonds. The maximum Gasteiger partial charge on any atom is 0.257 e. The molecular formula is C23H35N3O6S. The summed E-state index contributed by atoms with van der Waals surface area (Å²) in [5, 5.41) is 0. The molecule has 0 spiro atoms. The van der Waals surface area contributed by atoms with Crippen LogP contribution in [0.15, 0.2) is 23.1 Å². The molecule has 184 valence electrons. The quantitative estimate of drug-likeness (QED) is 0.580. The first-order valence-corrected chi connectivity index (χ1v) is 13.3. The first-order chi connectivity index (χ1) is 16.0. The zero-order valence-electron chi connectivity index (χ0n) is 19.4. The standard InChI is InChI=1S/C23H35N3O6S/c1-30-22-3-2-20(33(28,29)26-12-16-32-17-13-26)18-21(22)23(27)25-8-5-19(6-9-25)4-7-24-10-14-31-15-11-24/h2-3,18-19H,4-17H2,1H3. The summed E-state index contributed by atoms with van der Waals surface area (Å²) in [7, 11) is -2.19. The summed E-state index contributed by atoms with van der Waals surface area (Å²) >= 11 is 0. The van der Waals surface area contributed by atoms with E-state index in [4.69, 9.17) is 14.2 Å². The molecule has 0 radical (unpaired) electrons. The first-order valence-electron chi connectivity index (χ1n) is 11.8. The van der Waals surface area contributed by atoms with Crippen LogP contribution in [0.3, 0.4) is 0 Å². The molecule has 0 bridgehead atoms. The van der Waals surface area contributed by atoms with Gasteiger partial charge in [-0.25, -0.2) is 8.42 Å². The first kappa shape index (κ1) is 24.4. The number of rotatable bonds is 7. The van der Waals surface area contributed by atoms with Crippen molar-refractivity contribution in [1.29, 1.82) is 0 Å². The number of ether oxygens (including phenoxy) is 3. The van der Waals surface area contributed by atoms with Gasteiger partial charge in [-0.3, -0.25) is 9.69 Å². The van der Waals surface area contributed by atoms with Crippen molar-refractivity contribution < 1.29 is 27.4 Å². The molecule has 0 atom stereocenters. The number of carbonyl (C=O) groups is 1. The Morgan fingerprint density at radius 3 is 2.27 bits per heavy atom. The second-order valence-corrected chi connectivity index (χ2v) is 10.8. The van der Waals surface area contributed by atoms with E-state index >= 15 is 0 Å². The van der Waals surface area contributed by atoms with Crippen molar-refractivity contribution in [2.75, 3.05) is 79.4 Å². The van der Waals surface area contributed by atoms with Crippen molar-refractivity contribution in [3.05, 3.63) is 23.8 Å². The third-order valence-corrected chi connectivity index (χ3v) is 8.76. The Bertz CT molecular complexity index is 905. The van der Waals surface area contributed by atoms with E-state index in [0.29, 0.717) is 56.6 Å². The third kappa shape index (κ3) is 5.86. The number of hydrogen-bond acceptors (Lipinski definition) is 7. The molecule has 0 unspecified atom stereocenters. The molecule has 3 heterocycles. The van der Waals surface area contributed by atoms with Crippen LogP contribution in [-0.2, 0) is 19.5 Å². The minimum atomic E-state index is -3.69. The highest BCUT2D eigenvalue weighted by molar-refractivity contribution is 7.89. The molecule has 3 saturated heterocycles. The highest BCUT2D eigenvalue weighted by Crippen LogP contribution is 2.28. The van der Waals surface area contributed by atoms with Crippen LogP contribution in [0.2, 0.25) is 0 Å². The second kappa shape index (κ2) is 11.1. The normalized spacial score (nSPS) is 21.8. The number of likely N-dealkylation sites (tertiary alicyclic amines) is 1. The van der Waals surface area contributed by atoms with Crippen LogP contribution in [0, 0.1) is 5.92 Å². The minimum absolute atomic E-state index is 0.119. The molecular weight excluding hydrogens is 446 g/mol. The molecule has 4 rings (SSSR count). The number of morpholine rings is 2. The zero-order chi connectivity index (χ0) is 23.3. The topological polar surface area (TPSA) is 88.6 Å². The fraction of sp³-hybridized carbons (Fsp3) is 0.696. The highest BCUT2D eigenvalue weighted by atomic mass is 32.2. The summed E-state index contributed by atoms with van der Waals surface area (Å²) in [6, 6.07) is 4.56. The van der Waals surface area contributed by atoms with Crippen LogP contribution < -0.4 is 4.74 Å². The monoisotopic (exact) mass is 481 g/mol. The SMILES string of the molecule is COc1ccc(S(=O)(=O)N2CCOCC2)cc1C(=O)N1CCC(CCN2CCOCC2)CC1. The van der Waals surface area contributed by atoms with E-state index in [1.165, 1.54) is 23.5 Å². The van der Waals surface area contributed by atoms with Crippen LogP contribution in [0.5, 0.6) is 5.75 Å². The number of sulfonamides is 1. The molecule has 10 heteroatoms. The summed E-state index contributed by atoms with van der Waals surface area (Å²) in [4.78, 5) is 17.7. The number of methoxy groups -OCH3 is 1. The van der Waals surface area contributed by atoms with Crippen molar-refractivity contribution in [2.45, 2.75) is 24.2 Å². The fourth-order valence-corrected chi connectivity index (χ4v) is 6.17. The summed E-state index contributed by atoms with van der Waals surface area (Å²) < 4.78 is 43.7. The van der Waals surface area contributed by atoms with Gasteiger partial charge in [0.25, 0.3) is 5.91 Å². The Hall–Kier alpha value is -1.72. The minimum Gasteiger partial charge on any atom is -0.496 e. The average Bonchev–Trinajstić information content (AvgIpc) is 2.88. The summed E-state index contributed by atoms with van der Waals surface area (Å²) in [6.45, 7) is 7.45. The predicted molar refractivity (Wildman–Crippen MR) is 123 cm³/mol. The number of piperidine rings is 1. The number of carbonyl (C=O) groups excluding carboxylic acids is 1. The Balaban J connectivity index is 1.39. The van der Waals surface area contributed by atoms with Gasteiger partial charge in [0.15, 0.2) is 0 Å². The maximum atomic E-state index is 13.3. The van der Waals surface area contributed by atoms with Gasteiger partial charge in [-0.05, 0) is 49.9 Å². The molecule has 33 heavy (non-hydrogen) atoms. The van der Waals surface area contributed by atoms with Crippen LogP contribution >= 0.6 is 0 Å². The Labute approximate surface area is 196 Å². The number of nitrogens with zero attached hydrogens (tertiary/aromatic N) is 3. The van der Waals surface area contributed by atoms with Crippen molar-refractivity contribution in [2.24, 2.45) is 5.92 Å². The van der Waals surface area contributed by atoms with Crippen LogP contribution in [0.1, 0.15) is 29.6 Å². The smallest absolute Gasteiger partial charge is 0.257 e. The van der Waals surface area contributed by atoms with Gasteiger partial charge < -0.3 is 19.1 Å². The number of benzene rings is 1. The lowest BCUT2D eigenvalue weighted by Crippen LogP contribution is -2.41. The van der Waals surface area contributed by atoms with E-state index in [-0.39, 0.29) is 10.8 Å². The lowest BCUT2D eigenvalue weighted by Gasteiger charge is -2.34. The van der Waals surface area contributed by atoms with E-state index in [9.17, 15) is 13.2 Å². The fourth-order valence-electron chi connectivity index (χ4n) is 4.74. The van der Waals surface area contributed by atoms with E-state index in [2.05, 4.69) is 4.90 Å². The molecule has 0 aliphatic carbocycles. The lowest BCUT2D eigenvalue weighted by molar-refractivity contribution is 0.0332. The molecule has 1 aromatic carbocycles. The Morgan fingerprint density at radius 2 is 1.64 bits per heavy atom. The van der Waals surface area contributed by atoms with Crippen molar-refractivity contribution >= 4 is 15.9 Å². The van der Waals surface area contributed by atoms with Gasteiger partial charge in [-0.2, -0.15) is 4.31 Å². The summed E-state index contributed by atoms with van der Waals surface area (Å²) in [5.41, 5.74) is 0.304. The van der Waals surface area contributed by atoms with Crippen LogP contribution in [-0.4, -0.2) is 108 Å². The van der Waals surface area contributed by atoms with E-state index in [1.807, 2.05) is 4.90 Å². The van der Waals surface area contributed by atoms with Gasteiger partial charge in [0, 0.05) is 39.3 Å². The summed E-state index contributed by atoms with van der Waals surface area (Å²) in [6.07, 6.45) is 3.06. The summed E-state index contributed by atoms with van der Waals surface area (Å²) in [5.74, 6) is 0.833. The molecule has 0 N–H and O–H groups in total. The number of hydrogen-bond donors (Lipinski definition) is 0. The molecule has 1 aromatic rings. The van der Waals surface area contributed by atoms with Crippen molar-refractivity contribution in [1.82, 2.24) is 14.1 Å². The zero-order valence-corrected chi connectivity index (χ0v) is 20.2. The van der Waals surface area contributed by atoms with Crippen LogP contribution in [0.4, 0.5) is 0 Å². The van der Waals surface area contributed by atoms with E-state index < -0.39 is 10.0 Å². The van der Waals surface area contributed by atoms with Gasteiger partial charge in [0.1, 0.15) is 5.75 Å². The molecule has 9 nitrogen and oxygen atoms in total. The van der Waals surface area contributed by atoms with Crippen molar-refractivity contribution in [3.8, 4) is 5.75 Å². The molecule has 3 fully saturated rings. The van der Waals surface area contributed by atoms with Gasteiger partial charge >= 0.3 is 0 Å². The molecule has 3 aliphatic rings. The third-order valence-electron chi connectivity index (χ3n) is 6.87. The average molecular weight is 482 g/mol. The van der Waals surface area contributed by atoms with Crippen LogP contribution in [0.25, 0.3) is 0 Å². The van der Waals surface area contributed by atoms with E-state index in [1.54, 1.807) is 6.07 Å². The van der Waals surface area contributed by atoms with E-state index in [0.717, 1.165) is 52.1 Å². The Morgan fingerprint density at radius 1 is 1.00 bits per heavy atom. The maximum absolute atomic E-state index is 13.3. The largest absolute Gasteiger partial charge is 0.496 e. The Kier molecular flexibility index (Phi) is 8.24. The van der Waals surface area contributed by atoms with Crippen molar-refractivity contribution in [3.63, 3.8) is 0 Å². The highest BCUT2D eigenvalue weighted by Gasteiger charge is 2.30.